The molecule has 7 nitrogen and oxygen atoms in total. The Morgan fingerprint density at radius 2 is 1.36 bits per heavy atom. The molecule has 0 fully saturated rings. The number of fused-ring (bicyclic) bond motifs is 2. The molecule has 0 bridgehead atoms. The molecule has 22 heavy (non-hydrogen) atoms. The molecular weight excluding hydrogens is 292 g/mol. The van der Waals surface area contributed by atoms with Gasteiger partial charge in [0.2, 0.25) is 5.75 Å². The fourth-order valence-corrected chi connectivity index (χ4v) is 2.50. The predicted octanol–water partition coefficient (Wildman–Crippen LogP) is 0.777. The second kappa shape index (κ2) is 4.47. The number of ketones is 2. The molecule has 0 saturated heterocycles. The fraction of sp³-hybridized carbons (Fsp3) is 0.0667. The number of hydrogen-bond acceptors (Lipinski definition) is 7. The molecule has 3 rings (SSSR count). The monoisotopic (exact) mass is 302 g/mol. The Morgan fingerprint density at radius 1 is 0.773 bits per heavy atom. The van der Waals surface area contributed by atoms with Crippen molar-refractivity contribution in [2.75, 3.05) is 0 Å². The molecule has 0 unspecified atom stereocenters. The van der Waals surface area contributed by atoms with Crippen LogP contribution in [0.2, 0.25) is 0 Å². The molecular formula is C15H10O7. The first-order chi connectivity index (χ1) is 10.4. The summed E-state index contributed by atoms with van der Waals surface area (Å²) in [6.07, 6.45) is 0. The summed E-state index contributed by atoms with van der Waals surface area (Å²) >= 11 is 0. The maximum Gasteiger partial charge on any atom is 0.201 e. The van der Waals surface area contributed by atoms with Crippen molar-refractivity contribution >= 4 is 11.6 Å². The van der Waals surface area contributed by atoms with E-state index in [0.717, 1.165) is 6.07 Å². The van der Waals surface area contributed by atoms with Gasteiger partial charge in [0.1, 0.15) is 5.75 Å². The minimum absolute atomic E-state index is 0.0653. The van der Waals surface area contributed by atoms with Crippen LogP contribution < -0.4 is 0 Å². The van der Waals surface area contributed by atoms with Crippen LogP contribution in [0, 0.1) is 0 Å². The number of hydrogen-bond donors (Lipinski definition) is 5. The van der Waals surface area contributed by atoms with Crippen molar-refractivity contribution in [3.8, 4) is 23.0 Å². The van der Waals surface area contributed by atoms with Crippen LogP contribution in [-0.2, 0) is 6.61 Å². The molecule has 1 aliphatic rings. The number of carbonyl (C=O) groups excluding carboxylic acids is 2. The van der Waals surface area contributed by atoms with Crippen molar-refractivity contribution < 1.29 is 35.1 Å². The minimum atomic E-state index is -0.903. The van der Waals surface area contributed by atoms with Crippen LogP contribution in [0.1, 0.15) is 37.4 Å². The summed E-state index contributed by atoms with van der Waals surface area (Å²) in [5, 5.41) is 48.0. The Labute approximate surface area is 123 Å². The van der Waals surface area contributed by atoms with Crippen molar-refractivity contribution in [2.24, 2.45) is 0 Å². The molecule has 0 saturated carbocycles. The third kappa shape index (κ3) is 1.60. The van der Waals surface area contributed by atoms with Crippen molar-refractivity contribution in [3.63, 3.8) is 0 Å². The summed E-state index contributed by atoms with van der Waals surface area (Å²) in [6, 6.07) is 3.37. The van der Waals surface area contributed by atoms with E-state index in [1.807, 2.05) is 0 Å². The van der Waals surface area contributed by atoms with Crippen LogP contribution in [0.5, 0.6) is 23.0 Å². The van der Waals surface area contributed by atoms with Gasteiger partial charge in [0, 0.05) is 16.7 Å². The van der Waals surface area contributed by atoms with Gasteiger partial charge in [0.25, 0.3) is 0 Å². The summed E-state index contributed by atoms with van der Waals surface area (Å²) in [5.74, 6) is -4.68. The zero-order valence-corrected chi connectivity index (χ0v) is 11.0. The average Bonchev–Trinajstić information content (AvgIpc) is 2.49. The first kappa shape index (κ1) is 13.9. The van der Waals surface area contributed by atoms with Crippen LogP contribution >= 0.6 is 0 Å². The van der Waals surface area contributed by atoms with E-state index in [-0.39, 0.29) is 22.3 Å². The molecule has 0 aliphatic heterocycles. The fourth-order valence-electron chi connectivity index (χ4n) is 2.50. The Balaban J connectivity index is 2.38. The number of benzene rings is 2. The Hall–Kier alpha value is -3.06. The quantitative estimate of drug-likeness (QED) is 0.419. The van der Waals surface area contributed by atoms with Gasteiger partial charge in [-0.3, -0.25) is 9.59 Å². The van der Waals surface area contributed by atoms with Crippen molar-refractivity contribution in [1.29, 1.82) is 0 Å². The Bertz CT molecular complexity index is 852. The molecule has 0 radical (unpaired) electrons. The standard InChI is InChI=1S/C15H10O7/c16-4-5-1-2-6-9(11(5)18)13(20)7-3-8(17)14(21)15(22)10(7)12(6)19/h1-3,16-18,21-22H,4H2. The van der Waals surface area contributed by atoms with E-state index in [0.29, 0.717) is 0 Å². The minimum Gasteiger partial charge on any atom is -0.507 e. The average molecular weight is 302 g/mol. The van der Waals surface area contributed by atoms with Crippen LogP contribution in [0.15, 0.2) is 18.2 Å². The number of aromatic hydroxyl groups is 4. The lowest BCUT2D eigenvalue weighted by Gasteiger charge is -2.21. The SMILES string of the molecule is O=C1c2cc(O)c(O)c(O)c2C(=O)c2ccc(CO)c(O)c21. The van der Waals surface area contributed by atoms with Gasteiger partial charge >= 0.3 is 0 Å². The van der Waals surface area contributed by atoms with E-state index < -0.39 is 46.7 Å². The summed E-state index contributed by atoms with van der Waals surface area (Å²) in [7, 11) is 0. The number of phenolic OH excluding ortho intramolecular Hbond substituents is 3. The van der Waals surface area contributed by atoms with E-state index in [1.54, 1.807) is 0 Å². The van der Waals surface area contributed by atoms with Gasteiger partial charge in [-0.05, 0) is 12.1 Å². The number of rotatable bonds is 1. The summed E-state index contributed by atoms with van der Waals surface area (Å²) in [6.45, 7) is -0.528. The maximum atomic E-state index is 12.5. The zero-order chi connectivity index (χ0) is 16.2. The van der Waals surface area contributed by atoms with Gasteiger partial charge in [-0.2, -0.15) is 0 Å². The number of carbonyl (C=O) groups is 2. The normalized spacial score (nSPS) is 13.0. The summed E-state index contributed by atoms with van der Waals surface area (Å²) in [5.41, 5.74) is -1.18. The van der Waals surface area contributed by atoms with E-state index in [9.17, 15) is 30.0 Å². The number of aliphatic hydroxyl groups is 1. The van der Waals surface area contributed by atoms with E-state index in [1.165, 1.54) is 12.1 Å². The molecule has 112 valence electrons. The number of aliphatic hydroxyl groups excluding tert-OH is 1. The van der Waals surface area contributed by atoms with Crippen LogP contribution in [0.4, 0.5) is 0 Å². The van der Waals surface area contributed by atoms with Crippen molar-refractivity contribution in [1.82, 2.24) is 0 Å². The van der Waals surface area contributed by atoms with E-state index in [2.05, 4.69) is 0 Å². The lowest BCUT2D eigenvalue weighted by Crippen LogP contribution is -2.21. The molecule has 7 heteroatoms. The molecule has 0 spiro atoms. The Morgan fingerprint density at radius 3 is 2.00 bits per heavy atom. The summed E-state index contributed by atoms with van der Waals surface area (Å²) in [4.78, 5) is 24.9. The first-order valence-electron chi connectivity index (χ1n) is 6.21. The zero-order valence-electron chi connectivity index (χ0n) is 11.0. The smallest absolute Gasteiger partial charge is 0.201 e. The van der Waals surface area contributed by atoms with Gasteiger partial charge in [-0.1, -0.05) is 6.07 Å². The van der Waals surface area contributed by atoms with E-state index >= 15 is 0 Å². The molecule has 5 N–H and O–H groups in total. The van der Waals surface area contributed by atoms with Crippen LogP contribution in [0.25, 0.3) is 0 Å². The maximum absolute atomic E-state index is 12.5. The largest absolute Gasteiger partial charge is 0.507 e. The third-order valence-electron chi connectivity index (χ3n) is 3.63. The summed E-state index contributed by atoms with van der Waals surface area (Å²) < 4.78 is 0. The lowest BCUT2D eigenvalue weighted by atomic mass is 9.82. The van der Waals surface area contributed by atoms with Gasteiger partial charge in [0.15, 0.2) is 23.1 Å². The van der Waals surface area contributed by atoms with Crippen molar-refractivity contribution in [2.45, 2.75) is 6.61 Å². The van der Waals surface area contributed by atoms with E-state index in [4.69, 9.17) is 5.11 Å². The molecule has 0 heterocycles. The van der Waals surface area contributed by atoms with Gasteiger partial charge in [-0.25, -0.2) is 0 Å². The van der Waals surface area contributed by atoms with Crippen molar-refractivity contribution in [3.05, 3.63) is 46.0 Å². The second-order valence-corrected chi connectivity index (χ2v) is 4.83. The lowest BCUT2D eigenvalue weighted by molar-refractivity contribution is 0.0973. The number of phenols is 4. The topological polar surface area (TPSA) is 135 Å². The van der Waals surface area contributed by atoms with Crippen LogP contribution in [0.3, 0.4) is 0 Å². The van der Waals surface area contributed by atoms with Gasteiger partial charge in [0.05, 0.1) is 17.7 Å². The van der Waals surface area contributed by atoms with Gasteiger partial charge in [-0.15, -0.1) is 0 Å². The highest BCUT2D eigenvalue weighted by molar-refractivity contribution is 6.30. The predicted molar refractivity (Wildman–Crippen MR) is 72.3 cm³/mol. The molecule has 1 aliphatic carbocycles. The first-order valence-corrected chi connectivity index (χ1v) is 6.21. The Kier molecular flexibility index (Phi) is 2.82. The molecule has 0 aromatic heterocycles. The third-order valence-corrected chi connectivity index (χ3v) is 3.63. The highest BCUT2D eigenvalue weighted by Crippen LogP contribution is 2.45. The highest BCUT2D eigenvalue weighted by Gasteiger charge is 2.36. The second-order valence-electron chi connectivity index (χ2n) is 4.83. The van der Waals surface area contributed by atoms with Gasteiger partial charge < -0.3 is 25.5 Å². The molecule has 2 aromatic rings. The molecule has 0 atom stereocenters. The highest BCUT2D eigenvalue weighted by atomic mass is 16.3. The molecule has 0 amide bonds. The van der Waals surface area contributed by atoms with Crippen LogP contribution in [-0.4, -0.2) is 37.1 Å². The molecule has 2 aromatic carbocycles.